The number of nitrogens with one attached hydrogen (secondary N) is 2. The van der Waals surface area contributed by atoms with Crippen molar-refractivity contribution < 1.29 is 9.59 Å². The second-order valence-electron chi connectivity index (χ2n) is 5.33. The minimum absolute atomic E-state index is 0.330. The van der Waals surface area contributed by atoms with Crippen molar-refractivity contribution in [3.8, 4) is 0 Å². The average molecular weight is 406 g/mol. The van der Waals surface area contributed by atoms with Crippen LogP contribution in [-0.2, 0) is 0 Å². The highest BCUT2D eigenvalue weighted by molar-refractivity contribution is 7.17. The Morgan fingerprint density at radius 3 is 2.50 bits per heavy atom. The number of hydrogen-bond acceptors (Lipinski definition) is 4. The van der Waals surface area contributed by atoms with Crippen LogP contribution < -0.4 is 10.6 Å². The van der Waals surface area contributed by atoms with Crippen LogP contribution in [0.15, 0.2) is 48.5 Å². The summed E-state index contributed by atoms with van der Waals surface area (Å²) < 4.78 is 0. The Balaban J connectivity index is 1.75. The number of benzene rings is 2. The molecule has 132 valence electrons. The summed E-state index contributed by atoms with van der Waals surface area (Å²) in [5.41, 5.74) is 1.44. The van der Waals surface area contributed by atoms with E-state index in [1.165, 1.54) is 0 Å². The molecule has 0 radical (unpaired) electrons. The van der Waals surface area contributed by atoms with E-state index in [0.29, 0.717) is 37.0 Å². The van der Waals surface area contributed by atoms with Crippen LogP contribution in [0.25, 0.3) is 0 Å². The van der Waals surface area contributed by atoms with Crippen LogP contribution in [0.1, 0.15) is 25.7 Å². The zero-order valence-corrected chi connectivity index (χ0v) is 15.9. The number of thiazole rings is 1. The Morgan fingerprint density at radius 2 is 1.77 bits per heavy atom. The highest BCUT2D eigenvalue weighted by Crippen LogP contribution is 2.26. The molecular formula is C18H13Cl2N3O2S. The average Bonchev–Trinajstić information content (AvgIpc) is 2.97. The van der Waals surface area contributed by atoms with Crippen molar-refractivity contribution in [1.29, 1.82) is 0 Å². The molecule has 1 heterocycles. The quantitative estimate of drug-likeness (QED) is 0.621. The Morgan fingerprint density at radius 1 is 1.00 bits per heavy atom. The Bertz CT molecular complexity index is 988. The first-order chi connectivity index (χ1) is 12.4. The lowest BCUT2D eigenvalue weighted by atomic mass is 10.2. The summed E-state index contributed by atoms with van der Waals surface area (Å²) in [5, 5.41) is 6.66. The fourth-order valence-electron chi connectivity index (χ4n) is 2.20. The van der Waals surface area contributed by atoms with E-state index in [1.54, 1.807) is 55.5 Å². The number of carbonyl (C=O) groups is 2. The van der Waals surface area contributed by atoms with Gasteiger partial charge in [-0.2, -0.15) is 0 Å². The molecule has 0 atom stereocenters. The lowest BCUT2D eigenvalue weighted by Crippen LogP contribution is -2.11. The number of aryl methyl sites for hydroxylation is 1. The van der Waals surface area contributed by atoms with E-state index in [4.69, 9.17) is 23.2 Å². The summed E-state index contributed by atoms with van der Waals surface area (Å²) >= 11 is 13.0. The van der Waals surface area contributed by atoms with E-state index < -0.39 is 0 Å². The topological polar surface area (TPSA) is 71.1 Å². The maximum atomic E-state index is 12.5. The summed E-state index contributed by atoms with van der Waals surface area (Å²) in [5.74, 6) is -0.685. The number of amides is 2. The molecule has 0 aliphatic heterocycles. The molecule has 5 nitrogen and oxygen atoms in total. The molecule has 3 aromatic rings. The van der Waals surface area contributed by atoms with Crippen LogP contribution in [-0.4, -0.2) is 16.8 Å². The second-order valence-corrected chi connectivity index (χ2v) is 7.17. The summed E-state index contributed by atoms with van der Waals surface area (Å²) in [7, 11) is 0. The molecule has 2 aromatic carbocycles. The van der Waals surface area contributed by atoms with Gasteiger partial charge in [-0.1, -0.05) is 52.7 Å². The van der Waals surface area contributed by atoms with Gasteiger partial charge in [0.25, 0.3) is 11.8 Å². The molecule has 0 aliphatic rings. The molecule has 2 amide bonds. The first kappa shape index (κ1) is 18.4. The van der Waals surface area contributed by atoms with Gasteiger partial charge < -0.3 is 5.32 Å². The lowest BCUT2D eigenvalue weighted by molar-refractivity contribution is 0.102. The maximum absolute atomic E-state index is 12.5. The summed E-state index contributed by atoms with van der Waals surface area (Å²) in [4.78, 5) is 29.4. The highest BCUT2D eigenvalue weighted by atomic mass is 35.5. The number of hydrogen-bond donors (Lipinski definition) is 2. The van der Waals surface area contributed by atoms with E-state index in [2.05, 4.69) is 15.6 Å². The van der Waals surface area contributed by atoms with Crippen LogP contribution in [0.3, 0.4) is 0 Å². The zero-order chi connectivity index (χ0) is 18.7. The minimum atomic E-state index is -0.348. The van der Waals surface area contributed by atoms with Gasteiger partial charge >= 0.3 is 0 Å². The largest absolute Gasteiger partial charge is 0.320 e. The SMILES string of the molecule is Cc1nc(NC(=O)c2cccc(Cl)c2)sc1C(=O)Nc1ccccc1Cl. The summed E-state index contributed by atoms with van der Waals surface area (Å²) in [6.07, 6.45) is 0. The van der Waals surface area contributed by atoms with Crippen molar-refractivity contribution in [2.45, 2.75) is 6.92 Å². The maximum Gasteiger partial charge on any atom is 0.267 e. The summed E-state index contributed by atoms with van der Waals surface area (Å²) in [6, 6.07) is 13.5. The highest BCUT2D eigenvalue weighted by Gasteiger charge is 2.18. The first-order valence-corrected chi connectivity index (χ1v) is 9.11. The molecule has 1 aromatic heterocycles. The monoisotopic (exact) mass is 405 g/mol. The molecule has 0 bridgehead atoms. The molecule has 0 unspecified atom stereocenters. The van der Waals surface area contributed by atoms with Gasteiger partial charge in [-0.25, -0.2) is 4.98 Å². The van der Waals surface area contributed by atoms with Gasteiger partial charge in [0.05, 0.1) is 16.4 Å². The smallest absolute Gasteiger partial charge is 0.267 e. The lowest BCUT2D eigenvalue weighted by Gasteiger charge is -2.05. The van der Waals surface area contributed by atoms with E-state index in [9.17, 15) is 9.59 Å². The number of anilines is 2. The van der Waals surface area contributed by atoms with Gasteiger partial charge in [0, 0.05) is 10.6 Å². The van der Waals surface area contributed by atoms with Crippen molar-refractivity contribution in [3.63, 3.8) is 0 Å². The molecule has 0 fully saturated rings. The Hall–Kier alpha value is -2.41. The fraction of sp³-hybridized carbons (Fsp3) is 0.0556. The summed E-state index contributed by atoms with van der Waals surface area (Å²) in [6.45, 7) is 1.70. The standard InChI is InChI=1S/C18H13Cl2N3O2S/c1-10-15(17(25)22-14-8-3-2-7-13(14)20)26-18(21-10)23-16(24)11-5-4-6-12(19)9-11/h2-9H,1H3,(H,22,25)(H,21,23,24). The Labute approximate surface area is 164 Å². The van der Waals surface area contributed by atoms with Gasteiger partial charge in [0.1, 0.15) is 4.88 Å². The Kier molecular flexibility index (Phi) is 5.56. The van der Waals surface area contributed by atoms with Crippen LogP contribution in [0.5, 0.6) is 0 Å². The molecule has 0 saturated heterocycles. The van der Waals surface area contributed by atoms with Crippen LogP contribution in [0, 0.1) is 6.92 Å². The number of carbonyl (C=O) groups excluding carboxylic acids is 2. The van der Waals surface area contributed by atoms with Crippen LogP contribution in [0.2, 0.25) is 10.0 Å². The van der Waals surface area contributed by atoms with Crippen LogP contribution in [0.4, 0.5) is 10.8 Å². The minimum Gasteiger partial charge on any atom is -0.320 e. The van der Waals surface area contributed by atoms with Crippen LogP contribution >= 0.6 is 34.5 Å². The van der Waals surface area contributed by atoms with E-state index in [1.807, 2.05) is 0 Å². The molecular weight excluding hydrogens is 393 g/mol. The molecule has 0 aliphatic carbocycles. The van der Waals surface area contributed by atoms with Gasteiger partial charge in [-0.15, -0.1) is 0 Å². The zero-order valence-electron chi connectivity index (χ0n) is 13.5. The number of para-hydroxylation sites is 1. The third-order valence-electron chi connectivity index (χ3n) is 3.43. The fourth-order valence-corrected chi connectivity index (χ4v) is 3.43. The number of halogens is 2. The van der Waals surface area contributed by atoms with Crippen molar-refractivity contribution in [3.05, 3.63) is 74.7 Å². The molecule has 3 rings (SSSR count). The van der Waals surface area contributed by atoms with Gasteiger partial charge in [-0.05, 0) is 37.3 Å². The van der Waals surface area contributed by atoms with Crippen molar-refractivity contribution in [2.24, 2.45) is 0 Å². The van der Waals surface area contributed by atoms with Gasteiger partial charge in [-0.3, -0.25) is 14.9 Å². The van der Waals surface area contributed by atoms with E-state index in [0.717, 1.165) is 11.3 Å². The predicted molar refractivity (Wildman–Crippen MR) is 106 cm³/mol. The third kappa shape index (κ3) is 4.22. The third-order valence-corrected chi connectivity index (χ3v) is 5.07. The number of aromatic nitrogens is 1. The van der Waals surface area contributed by atoms with Crippen molar-refractivity contribution in [1.82, 2.24) is 4.98 Å². The second kappa shape index (κ2) is 7.86. The van der Waals surface area contributed by atoms with E-state index >= 15 is 0 Å². The molecule has 8 heteroatoms. The molecule has 0 saturated carbocycles. The van der Waals surface area contributed by atoms with Crippen molar-refractivity contribution in [2.75, 3.05) is 10.6 Å². The van der Waals surface area contributed by atoms with Gasteiger partial charge in [0.2, 0.25) is 0 Å². The number of nitrogens with zero attached hydrogens (tertiary/aromatic N) is 1. The molecule has 26 heavy (non-hydrogen) atoms. The number of rotatable bonds is 4. The van der Waals surface area contributed by atoms with Gasteiger partial charge in [0.15, 0.2) is 5.13 Å². The predicted octanol–water partition coefficient (Wildman–Crippen LogP) is 5.26. The van der Waals surface area contributed by atoms with Crippen molar-refractivity contribution >= 4 is 57.2 Å². The molecule has 0 spiro atoms. The molecule has 2 N–H and O–H groups in total. The van der Waals surface area contributed by atoms with E-state index in [-0.39, 0.29) is 11.8 Å². The first-order valence-electron chi connectivity index (χ1n) is 7.54. The normalized spacial score (nSPS) is 10.4.